The van der Waals surface area contributed by atoms with E-state index in [1.807, 2.05) is 36.6 Å². The van der Waals surface area contributed by atoms with Gasteiger partial charge in [-0.15, -0.1) is 11.3 Å². The molecule has 0 unspecified atom stereocenters. The normalized spacial score (nSPS) is 16.1. The Morgan fingerprint density at radius 3 is 2.63 bits per heavy atom. The number of amides is 2. The van der Waals surface area contributed by atoms with Crippen molar-refractivity contribution < 1.29 is 18.0 Å². The molecule has 0 aliphatic carbocycles. The van der Waals surface area contributed by atoms with Crippen molar-refractivity contribution in [1.82, 2.24) is 10.2 Å². The number of nitrogens with one attached hydrogen (secondary N) is 1. The summed E-state index contributed by atoms with van der Waals surface area (Å²) in [6, 6.07) is 10.0. The lowest BCUT2D eigenvalue weighted by Gasteiger charge is -2.28. The molecular formula is C19H22N2O4S2. The third-order valence-corrected chi connectivity index (χ3v) is 6.65. The van der Waals surface area contributed by atoms with E-state index >= 15 is 0 Å². The maximum atomic E-state index is 13.0. The molecular weight excluding hydrogens is 384 g/mol. The van der Waals surface area contributed by atoms with Gasteiger partial charge in [0.2, 0.25) is 5.91 Å². The predicted molar refractivity (Wildman–Crippen MR) is 105 cm³/mol. The van der Waals surface area contributed by atoms with Crippen LogP contribution in [-0.2, 0) is 21.2 Å². The first-order valence-electron chi connectivity index (χ1n) is 8.66. The van der Waals surface area contributed by atoms with E-state index in [1.54, 1.807) is 12.1 Å². The fourth-order valence-electron chi connectivity index (χ4n) is 3.20. The highest BCUT2D eigenvalue weighted by Gasteiger charge is 2.36. The maximum Gasteiger partial charge on any atom is 0.255 e. The van der Waals surface area contributed by atoms with Crippen molar-refractivity contribution in [3.63, 3.8) is 0 Å². The van der Waals surface area contributed by atoms with Gasteiger partial charge in [-0.1, -0.05) is 24.3 Å². The van der Waals surface area contributed by atoms with Crippen LogP contribution in [0.5, 0.6) is 0 Å². The standard InChI is InChI=1S/C19H22N2O4S2/c1-13(17-8-5-10-26-17)20-18(22)16(9-11-27(2,24)25)21-12-14-6-3-4-7-15(14)19(21)23/h3-8,10,13,16H,9,11-12H2,1-2H3,(H,20,22)/t13-,16-/m0/s1. The summed E-state index contributed by atoms with van der Waals surface area (Å²) in [7, 11) is -3.25. The largest absolute Gasteiger partial charge is 0.347 e. The first-order chi connectivity index (χ1) is 12.8. The Bertz CT molecular complexity index is 938. The van der Waals surface area contributed by atoms with Crippen LogP contribution in [0.25, 0.3) is 0 Å². The number of carbonyl (C=O) groups excluding carboxylic acids is 2. The highest BCUT2D eigenvalue weighted by atomic mass is 32.2. The summed E-state index contributed by atoms with van der Waals surface area (Å²) in [5, 5.41) is 4.86. The van der Waals surface area contributed by atoms with Crippen LogP contribution in [0.2, 0.25) is 0 Å². The van der Waals surface area contributed by atoms with E-state index in [0.29, 0.717) is 12.1 Å². The number of sulfone groups is 1. The summed E-state index contributed by atoms with van der Waals surface area (Å²) in [4.78, 5) is 28.2. The van der Waals surface area contributed by atoms with Gasteiger partial charge in [-0.25, -0.2) is 8.42 Å². The Hall–Kier alpha value is -2.19. The average molecular weight is 407 g/mol. The lowest BCUT2D eigenvalue weighted by Crippen LogP contribution is -2.48. The van der Waals surface area contributed by atoms with Crippen LogP contribution < -0.4 is 5.32 Å². The molecule has 6 nitrogen and oxygen atoms in total. The monoisotopic (exact) mass is 406 g/mol. The molecule has 0 spiro atoms. The van der Waals surface area contributed by atoms with Crippen LogP contribution in [0.15, 0.2) is 41.8 Å². The van der Waals surface area contributed by atoms with Crippen LogP contribution in [0.4, 0.5) is 0 Å². The number of rotatable bonds is 7. The van der Waals surface area contributed by atoms with E-state index in [2.05, 4.69) is 5.32 Å². The highest BCUT2D eigenvalue weighted by molar-refractivity contribution is 7.90. The zero-order chi connectivity index (χ0) is 19.6. The molecule has 1 N–H and O–H groups in total. The number of benzene rings is 1. The Labute approximate surface area is 163 Å². The van der Waals surface area contributed by atoms with Crippen LogP contribution in [0.1, 0.15) is 40.2 Å². The summed E-state index contributed by atoms with van der Waals surface area (Å²) in [5.41, 5.74) is 1.42. The molecule has 1 aliphatic heterocycles. The van der Waals surface area contributed by atoms with Gasteiger partial charge in [0.15, 0.2) is 0 Å². The molecule has 0 saturated heterocycles. The number of carbonyl (C=O) groups is 2. The topological polar surface area (TPSA) is 83.6 Å². The Morgan fingerprint density at radius 1 is 1.26 bits per heavy atom. The molecule has 1 aromatic heterocycles. The first-order valence-corrected chi connectivity index (χ1v) is 11.6. The van der Waals surface area contributed by atoms with Gasteiger partial charge in [0.25, 0.3) is 5.91 Å². The first kappa shape index (κ1) is 19.6. The molecule has 2 heterocycles. The van der Waals surface area contributed by atoms with Gasteiger partial charge in [-0.05, 0) is 36.4 Å². The molecule has 0 bridgehead atoms. The van der Waals surface area contributed by atoms with Crippen molar-refractivity contribution in [1.29, 1.82) is 0 Å². The van der Waals surface area contributed by atoms with Gasteiger partial charge in [0.05, 0.1) is 11.8 Å². The molecule has 3 rings (SSSR count). The Kier molecular flexibility index (Phi) is 5.67. The molecule has 0 saturated carbocycles. The Morgan fingerprint density at radius 2 is 2.00 bits per heavy atom. The molecule has 2 aromatic rings. The van der Waals surface area contributed by atoms with Crippen molar-refractivity contribution in [3.8, 4) is 0 Å². The molecule has 1 aromatic carbocycles. The Balaban J connectivity index is 1.81. The summed E-state index contributed by atoms with van der Waals surface area (Å²) in [5.74, 6) is -0.720. The van der Waals surface area contributed by atoms with Gasteiger partial charge < -0.3 is 10.2 Å². The minimum atomic E-state index is -3.25. The maximum absolute atomic E-state index is 13.0. The second kappa shape index (κ2) is 7.82. The highest BCUT2D eigenvalue weighted by Crippen LogP contribution is 2.26. The summed E-state index contributed by atoms with van der Waals surface area (Å²) >= 11 is 1.53. The van der Waals surface area contributed by atoms with Crippen LogP contribution in [-0.4, -0.2) is 43.2 Å². The lowest BCUT2D eigenvalue weighted by atomic mass is 10.1. The summed E-state index contributed by atoms with van der Waals surface area (Å²) < 4.78 is 23.3. The van der Waals surface area contributed by atoms with Crippen molar-refractivity contribution in [2.45, 2.75) is 32.0 Å². The van der Waals surface area contributed by atoms with Crippen LogP contribution >= 0.6 is 11.3 Å². The van der Waals surface area contributed by atoms with Crippen LogP contribution in [0.3, 0.4) is 0 Å². The molecule has 144 valence electrons. The molecule has 27 heavy (non-hydrogen) atoms. The molecule has 2 amide bonds. The number of hydrogen-bond acceptors (Lipinski definition) is 5. The van der Waals surface area contributed by atoms with E-state index in [4.69, 9.17) is 0 Å². The smallest absolute Gasteiger partial charge is 0.255 e. The summed E-state index contributed by atoms with van der Waals surface area (Å²) in [6.45, 7) is 2.18. The van der Waals surface area contributed by atoms with Crippen molar-refractivity contribution >= 4 is 33.0 Å². The zero-order valence-corrected chi connectivity index (χ0v) is 16.8. The molecule has 0 radical (unpaired) electrons. The van der Waals surface area contributed by atoms with Crippen LogP contribution in [0, 0.1) is 0 Å². The second-order valence-electron chi connectivity index (χ2n) is 6.77. The van der Waals surface area contributed by atoms with E-state index in [-0.39, 0.29) is 30.0 Å². The summed E-state index contributed by atoms with van der Waals surface area (Å²) in [6.07, 6.45) is 1.21. The van der Waals surface area contributed by atoms with Gasteiger partial charge in [0, 0.05) is 23.2 Å². The van der Waals surface area contributed by atoms with E-state index in [1.165, 1.54) is 16.2 Å². The number of thiophene rings is 1. The van der Waals surface area contributed by atoms with Gasteiger partial charge >= 0.3 is 0 Å². The lowest BCUT2D eigenvalue weighted by molar-refractivity contribution is -0.126. The van der Waals surface area contributed by atoms with Gasteiger partial charge in [0.1, 0.15) is 15.9 Å². The van der Waals surface area contributed by atoms with E-state index < -0.39 is 15.9 Å². The average Bonchev–Trinajstić information content (AvgIpc) is 3.24. The number of hydrogen-bond donors (Lipinski definition) is 1. The van der Waals surface area contributed by atoms with E-state index in [9.17, 15) is 18.0 Å². The third kappa shape index (κ3) is 4.56. The quantitative estimate of drug-likeness (QED) is 0.765. The molecule has 1 aliphatic rings. The van der Waals surface area contributed by atoms with Crippen molar-refractivity contribution in [3.05, 3.63) is 57.8 Å². The number of nitrogens with zero attached hydrogens (tertiary/aromatic N) is 1. The minimum absolute atomic E-state index is 0.0710. The molecule has 0 fully saturated rings. The molecule has 8 heteroatoms. The second-order valence-corrected chi connectivity index (χ2v) is 10.0. The third-order valence-electron chi connectivity index (χ3n) is 4.62. The fourth-order valence-corrected chi connectivity index (χ4v) is 4.59. The fraction of sp³-hybridized carbons (Fsp3) is 0.368. The van der Waals surface area contributed by atoms with Crippen molar-refractivity contribution in [2.24, 2.45) is 0 Å². The van der Waals surface area contributed by atoms with Gasteiger partial charge in [-0.3, -0.25) is 9.59 Å². The van der Waals surface area contributed by atoms with E-state index in [0.717, 1.165) is 16.7 Å². The minimum Gasteiger partial charge on any atom is -0.347 e. The number of fused-ring (bicyclic) bond motifs is 1. The zero-order valence-electron chi connectivity index (χ0n) is 15.2. The molecule has 2 atom stereocenters. The predicted octanol–water partition coefficient (Wildman–Crippen LogP) is 2.38. The van der Waals surface area contributed by atoms with Gasteiger partial charge in [-0.2, -0.15) is 0 Å². The SMILES string of the molecule is C[C@H](NC(=O)[C@H](CCS(C)(=O)=O)N1Cc2ccccc2C1=O)c1cccs1. The van der Waals surface area contributed by atoms with Crippen molar-refractivity contribution in [2.75, 3.05) is 12.0 Å².